The molecule has 1 heterocycles. The largest absolute Gasteiger partial charge is 0.326 e. The lowest BCUT2D eigenvalue weighted by Crippen LogP contribution is -2.29. The summed E-state index contributed by atoms with van der Waals surface area (Å²) in [5.41, 5.74) is 3.26. The molecule has 164 valence electrons. The topological polar surface area (TPSA) is 66.5 Å². The SMILES string of the molecule is CC(=O)c1ccc(NC(=O)CCCN2C(=O)C(=CC(C)=Cc3ccccc3)SC2=S)cc1. The zero-order valence-corrected chi connectivity index (χ0v) is 19.6. The van der Waals surface area contributed by atoms with Gasteiger partial charge in [0.1, 0.15) is 4.32 Å². The first-order chi connectivity index (χ1) is 15.3. The van der Waals surface area contributed by atoms with Gasteiger partial charge in [-0.25, -0.2) is 0 Å². The molecule has 2 aromatic carbocycles. The molecule has 0 aromatic heterocycles. The summed E-state index contributed by atoms with van der Waals surface area (Å²) in [4.78, 5) is 38.4. The Morgan fingerprint density at radius 2 is 1.75 bits per heavy atom. The van der Waals surface area contributed by atoms with Crippen molar-refractivity contribution in [1.29, 1.82) is 0 Å². The van der Waals surface area contributed by atoms with Gasteiger partial charge < -0.3 is 5.32 Å². The number of anilines is 1. The average molecular weight is 465 g/mol. The summed E-state index contributed by atoms with van der Waals surface area (Å²) in [5.74, 6) is -0.296. The highest BCUT2D eigenvalue weighted by molar-refractivity contribution is 8.26. The van der Waals surface area contributed by atoms with Crippen molar-refractivity contribution in [3.8, 4) is 0 Å². The normalized spacial score (nSPS) is 15.4. The van der Waals surface area contributed by atoms with Crippen LogP contribution in [0.5, 0.6) is 0 Å². The summed E-state index contributed by atoms with van der Waals surface area (Å²) in [6, 6.07) is 16.7. The number of hydrogen-bond donors (Lipinski definition) is 1. The predicted octanol–water partition coefficient (Wildman–Crippen LogP) is 5.46. The Kier molecular flexibility index (Phi) is 8.14. The molecule has 2 amide bonds. The second-order valence-corrected chi connectivity index (χ2v) is 9.09. The molecule has 7 heteroatoms. The highest BCUT2D eigenvalue weighted by atomic mass is 32.2. The number of Topliss-reactive ketones (excluding diaryl/α,β-unsaturated/α-hetero) is 1. The monoisotopic (exact) mass is 464 g/mol. The number of rotatable bonds is 8. The van der Waals surface area contributed by atoms with Gasteiger partial charge in [0, 0.05) is 24.2 Å². The lowest BCUT2D eigenvalue weighted by molar-refractivity contribution is -0.122. The smallest absolute Gasteiger partial charge is 0.266 e. The van der Waals surface area contributed by atoms with Crippen LogP contribution in [0, 0.1) is 0 Å². The van der Waals surface area contributed by atoms with Crippen LogP contribution in [0.1, 0.15) is 42.6 Å². The second kappa shape index (κ2) is 11.0. The molecule has 0 spiro atoms. The van der Waals surface area contributed by atoms with Gasteiger partial charge in [0.05, 0.1) is 4.91 Å². The van der Waals surface area contributed by atoms with Crippen LogP contribution < -0.4 is 5.32 Å². The molecule has 0 radical (unpaired) electrons. The summed E-state index contributed by atoms with van der Waals surface area (Å²) >= 11 is 6.66. The predicted molar refractivity (Wildman–Crippen MR) is 134 cm³/mol. The van der Waals surface area contributed by atoms with Crippen LogP contribution in [-0.4, -0.2) is 33.4 Å². The van der Waals surface area contributed by atoms with Crippen molar-refractivity contribution in [3.63, 3.8) is 0 Å². The second-order valence-electron chi connectivity index (χ2n) is 7.42. The van der Waals surface area contributed by atoms with E-state index in [1.54, 1.807) is 29.2 Å². The van der Waals surface area contributed by atoms with Gasteiger partial charge in [-0.05, 0) is 61.7 Å². The number of carbonyl (C=O) groups excluding carboxylic acids is 3. The van der Waals surface area contributed by atoms with Crippen LogP contribution in [0.4, 0.5) is 5.69 Å². The third kappa shape index (κ3) is 6.48. The third-order valence-electron chi connectivity index (χ3n) is 4.79. The van der Waals surface area contributed by atoms with Crippen LogP contribution in [0.15, 0.2) is 71.2 Å². The lowest BCUT2D eigenvalue weighted by atomic mass is 10.1. The van der Waals surface area contributed by atoms with E-state index in [0.717, 1.165) is 11.1 Å². The third-order valence-corrected chi connectivity index (χ3v) is 6.16. The molecular weight excluding hydrogens is 440 g/mol. The first-order valence-electron chi connectivity index (χ1n) is 10.2. The summed E-state index contributed by atoms with van der Waals surface area (Å²) in [6.45, 7) is 3.84. The molecule has 1 saturated heterocycles. The molecular formula is C25H24N2O3S2. The molecule has 2 aromatic rings. The maximum Gasteiger partial charge on any atom is 0.266 e. The Labute approximate surface area is 197 Å². The quantitative estimate of drug-likeness (QED) is 0.319. The first kappa shape index (κ1) is 23.6. The Morgan fingerprint density at radius 1 is 1.06 bits per heavy atom. The Morgan fingerprint density at radius 3 is 2.41 bits per heavy atom. The number of thioether (sulfide) groups is 1. The molecule has 0 saturated carbocycles. The van der Waals surface area contributed by atoms with Gasteiger partial charge in [-0.1, -0.05) is 60.4 Å². The number of hydrogen-bond acceptors (Lipinski definition) is 5. The summed E-state index contributed by atoms with van der Waals surface area (Å²) < 4.78 is 0.508. The van der Waals surface area contributed by atoms with E-state index in [4.69, 9.17) is 12.2 Å². The van der Waals surface area contributed by atoms with Crippen LogP contribution in [0.2, 0.25) is 0 Å². The molecule has 0 bridgehead atoms. The van der Waals surface area contributed by atoms with E-state index in [1.165, 1.54) is 18.7 Å². The van der Waals surface area contributed by atoms with Crippen LogP contribution in [-0.2, 0) is 9.59 Å². The van der Waals surface area contributed by atoms with E-state index in [0.29, 0.717) is 33.4 Å². The number of nitrogens with zero attached hydrogens (tertiary/aromatic N) is 1. The van der Waals surface area contributed by atoms with Gasteiger partial charge in [-0.2, -0.15) is 0 Å². The molecule has 3 rings (SSSR count). The zero-order chi connectivity index (χ0) is 23.1. The van der Waals surface area contributed by atoms with Crippen molar-refractivity contribution in [2.45, 2.75) is 26.7 Å². The lowest BCUT2D eigenvalue weighted by Gasteiger charge is -2.14. The Hall–Kier alpha value is -3.03. The zero-order valence-electron chi connectivity index (χ0n) is 18.0. The minimum Gasteiger partial charge on any atom is -0.326 e. The van der Waals surface area contributed by atoms with E-state index in [1.807, 2.05) is 49.4 Å². The van der Waals surface area contributed by atoms with Crippen molar-refractivity contribution in [1.82, 2.24) is 4.90 Å². The van der Waals surface area contributed by atoms with Crippen molar-refractivity contribution in [2.24, 2.45) is 0 Å². The highest BCUT2D eigenvalue weighted by Gasteiger charge is 2.31. The van der Waals surface area contributed by atoms with E-state index < -0.39 is 0 Å². The van der Waals surface area contributed by atoms with E-state index in [9.17, 15) is 14.4 Å². The molecule has 1 aliphatic heterocycles. The fourth-order valence-electron chi connectivity index (χ4n) is 3.16. The van der Waals surface area contributed by atoms with Crippen molar-refractivity contribution < 1.29 is 14.4 Å². The van der Waals surface area contributed by atoms with Crippen molar-refractivity contribution >= 4 is 57.7 Å². The number of allylic oxidation sites excluding steroid dienone is 2. The Bertz CT molecular complexity index is 1090. The van der Waals surface area contributed by atoms with Gasteiger partial charge in [-0.3, -0.25) is 19.3 Å². The summed E-state index contributed by atoms with van der Waals surface area (Å²) in [5, 5.41) is 2.80. The van der Waals surface area contributed by atoms with Crippen molar-refractivity contribution in [3.05, 3.63) is 82.3 Å². The van der Waals surface area contributed by atoms with Crippen LogP contribution in [0.3, 0.4) is 0 Å². The van der Waals surface area contributed by atoms with E-state index in [-0.39, 0.29) is 24.0 Å². The standard InChI is InChI=1S/C25H24N2O3S2/c1-17(15-19-7-4-3-5-8-19)16-22-24(30)27(25(31)32-22)14-6-9-23(29)26-21-12-10-20(11-13-21)18(2)28/h3-5,7-8,10-13,15-16H,6,9,14H2,1-2H3,(H,26,29). The van der Waals surface area contributed by atoms with Crippen LogP contribution in [0.25, 0.3) is 6.08 Å². The van der Waals surface area contributed by atoms with Gasteiger partial charge >= 0.3 is 0 Å². The molecule has 32 heavy (non-hydrogen) atoms. The fourth-order valence-corrected chi connectivity index (χ4v) is 4.52. The maximum atomic E-state index is 12.8. The van der Waals surface area contributed by atoms with E-state index in [2.05, 4.69) is 5.32 Å². The molecule has 1 N–H and O–H groups in total. The van der Waals surface area contributed by atoms with Gasteiger partial charge in [-0.15, -0.1) is 0 Å². The molecule has 0 unspecified atom stereocenters. The molecule has 5 nitrogen and oxygen atoms in total. The Balaban J connectivity index is 1.51. The number of benzene rings is 2. The number of thiocarbonyl (C=S) groups is 1. The summed E-state index contributed by atoms with van der Waals surface area (Å²) in [6.07, 6.45) is 4.62. The number of nitrogens with one attached hydrogen (secondary N) is 1. The summed E-state index contributed by atoms with van der Waals surface area (Å²) in [7, 11) is 0. The first-order valence-corrected chi connectivity index (χ1v) is 11.5. The minimum absolute atomic E-state index is 0.0221. The van der Waals surface area contributed by atoms with E-state index >= 15 is 0 Å². The molecule has 0 atom stereocenters. The van der Waals surface area contributed by atoms with Gasteiger partial charge in [0.25, 0.3) is 5.91 Å². The van der Waals surface area contributed by atoms with Gasteiger partial charge in [0.15, 0.2) is 5.78 Å². The van der Waals surface area contributed by atoms with Crippen molar-refractivity contribution in [2.75, 3.05) is 11.9 Å². The molecule has 1 aliphatic rings. The highest BCUT2D eigenvalue weighted by Crippen LogP contribution is 2.32. The number of ketones is 1. The minimum atomic E-state index is -0.150. The molecule has 0 aliphatic carbocycles. The van der Waals surface area contributed by atoms with Gasteiger partial charge in [0.2, 0.25) is 5.91 Å². The average Bonchev–Trinajstić information content (AvgIpc) is 3.02. The fraction of sp³-hybridized carbons (Fsp3) is 0.200. The maximum absolute atomic E-state index is 12.8. The number of amides is 2. The number of carbonyl (C=O) groups is 3. The van der Waals surface area contributed by atoms with Crippen LogP contribution >= 0.6 is 24.0 Å². The molecule has 1 fully saturated rings.